The minimum Gasteiger partial charge on any atom is -0.355 e. The van der Waals surface area contributed by atoms with Gasteiger partial charge in [0.2, 0.25) is 5.91 Å². The van der Waals surface area contributed by atoms with Crippen LogP contribution in [0.25, 0.3) is 0 Å². The number of nitrogens with zero attached hydrogens (tertiary/aromatic N) is 2. The summed E-state index contributed by atoms with van der Waals surface area (Å²) in [5.74, 6) is 0.207. The van der Waals surface area contributed by atoms with E-state index in [2.05, 4.69) is 9.71 Å². The molecule has 0 bridgehead atoms. The molecule has 2 aromatic carbocycles. The first-order chi connectivity index (χ1) is 13.3. The van der Waals surface area contributed by atoms with E-state index in [1.54, 1.807) is 18.2 Å². The molecule has 2 aliphatic rings. The fraction of sp³-hybridized carbons (Fsp3) is 0.333. The van der Waals surface area contributed by atoms with Crippen LogP contribution in [0.15, 0.2) is 51.8 Å². The van der Waals surface area contributed by atoms with Gasteiger partial charge in [-0.25, -0.2) is 0 Å². The molecule has 1 atom stereocenters. The van der Waals surface area contributed by atoms with E-state index in [1.165, 1.54) is 0 Å². The standard InChI is InChI=1S/C21H23N3O3S/c1-14-9-10-18(15(2)12-14)22-21(25)16-6-5-11-24(13-16)20-17-7-3-4-8-19(17)28(26,27)23-20/h3-4,7-10,12,16H,5-6,11,13H2,1-2H3,(H,22,25). The van der Waals surface area contributed by atoms with Crippen molar-refractivity contribution in [1.82, 2.24) is 4.90 Å². The summed E-state index contributed by atoms with van der Waals surface area (Å²) in [6.45, 7) is 5.14. The summed E-state index contributed by atoms with van der Waals surface area (Å²) < 4.78 is 28.7. The lowest BCUT2D eigenvalue weighted by molar-refractivity contribution is -0.121. The second-order valence-corrected chi connectivity index (χ2v) is 9.05. The first kappa shape index (κ1) is 18.7. The van der Waals surface area contributed by atoms with E-state index in [0.717, 1.165) is 29.7 Å². The average molecular weight is 398 g/mol. The van der Waals surface area contributed by atoms with Gasteiger partial charge in [-0.05, 0) is 50.5 Å². The van der Waals surface area contributed by atoms with E-state index in [-0.39, 0.29) is 16.7 Å². The van der Waals surface area contributed by atoms with Crippen LogP contribution in [0.3, 0.4) is 0 Å². The number of anilines is 1. The molecule has 0 aliphatic carbocycles. The zero-order valence-electron chi connectivity index (χ0n) is 16.0. The maximum Gasteiger partial charge on any atom is 0.285 e. The number of rotatable bonds is 2. The number of amides is 1. The topological polar surface area (TPSA) is 78.8 Å². The fourth-order valence-corrected chi connectivity index (χ4v) is 5.12. The average Bonchev–Trinajstić information content (AvgIpc) is 2.96. The molecule has 0 spiro atoms. The van der Waals surface area contributed by atoms with Gasteiger partial charge in [-0.15, -0.1) is 4.40 Å². The second-order valence-electron chi connectivity index (χ2n) is 7.48. The number of hydrogen-bond acceptors (Lipinski definition) is 4. The maximum absolute atomic E-state index is 12.8. The van der Waals surface area contributed by atoms with Crippen LogP contribution in [0.5, 0.6) is 0 Å². The molecule has 0 aromatic heterocycles. The highest BCUT2D eigenvalue weighted by molar-refractivity contribution is 7.90. The molecule has 1 amide bonds. The van der Waals surface area contributed by atoms with Gasteiger partial charge in [-0.1, -0.05) is 29.8 Å². The summed E-state index contributed by atoms with van der Waals surface area (Å²) in [5, 5.41) is 3.03. The summed E-state index contributed by atoms with van der Waals surface area (Å²) in [5.41, 5.74) is 3.62. The minimum absolute atomic E-state index is 0.0357. The predicted molar refractivity (Wildman–Crippen MR) is 109 cm³/mol. The number of aryl methyl sites for hydroxylation is 2. The molecule has 28 heavy (non-hydrogen) atoms. The lowest BCUT2D eigenvalue weighted by Crippen LogP contribution is -2.43. The number of benzene rings is 2. The van der Waals surface area contributed by atoms with Gasteiger partial charge in [-0.3, -0.25) is 4.79 Å². The number of hydrogen-bond donors (Lipinski definition) is 1. The molecule has 2 heterocycles. The zero-order chi connectivity index (χ0) is 19.9. The van der Waals surface area contributed by atoms with Crippen molar-refractivity contribution in [1.29, 1.82) is 0 Å². The predicted octanol–water partition coefficient (Wildman–Crippen LogP) is 3.10. The van der Waals surface area contributed by atoms with E-state index < -0.39 is 10.0 Å². The van der Waals surface area contributed by atoms with Gasteiger partial charge < -0.3 is 10.2 Å². The van der Waals surface area contributed by atoms with Crippen molar-refractivity contribution in [3.63, 3.8) is 0 Å². The van der Waals surface area contributed by atoms with Crippen molar-refractivity contribution in [2.75, 3.05) is 18.4 Å². The SMILES string of the molecule is Cc1ccc(NC(=O)C2CCCN(C3=NS(=O)(=O)c4ccccc43)C2)c(C)c1. The van der Waals surface area contributed by atoms with Gasteiger partial charge >= 0.3 is 0 Å². The summed E-state index contributed by atoms with van der Waals surface area (Å²) >= 11 is 0. The van der Waals surface area contributed by atoms with E-state index in [1.807, 2.05) is 43.0 Å². The molecule has 4 rings (SSSR count). The maximum atomic E-state index is 12.8. The molecule has 6 nitrogen and oxygen atoms in total. The van der Waals surface area contributed by atoms with Crippen molar-refractivity contribution in [3.8, 4) is 0 Å². The van der Waals surface area contributed by atoms with Gasteiger partial charge in [0, 0.05) is 24.3 Å². The minimum atomic E-state index is -3.65. The Hall–Kier alpha value is -2.67. The molecule has 2 aromatic rings. The molecule has 1 fully saturated rings. The van der Waals surface area contributed by atoms with E-state index >= 15 is 0 Å². The van der Waals surface area contributed by atoms with E-state index in [4.69, 9.17) is 0 Å². The molecular formula is C21H23N3O3S. The van der Waals surface area contributed by atoms with Crippen LogP contribution in [0.2, 0.25) is 0 Å². The molecule has 2 aliphatic heterocycles. The van der Waals surface area contributed by atoms with Crippen molar-refractivity contribution in [2.24, 2.45) is 10.3 Å². The Morgan fingerprint density at radius 2 is 1.96 bits per heavy atom. The Morgan fingerprint density at radius 3 is 2.75 bits per heavy atom. The first-order valence-electron chi connectivity index (χ1n) is 9.42. The van der Waals surface area contributed by atoms with E-state index in [0.29, 0.717) is 24.5 Å². The van der Waals surface area contributed by atoms with Crippen molar-refractivity contribution >= 4 is 27.5 Å². The second kappa shape index (κ2) is 7.05. The van der Waals surface area contributed by atoms with Crippen LogP contribution in [-0.2, 0) is 14.8 Å². The molecule has 7 heteroatoms. The summed E-state index contributed by atoms with van der Waals surface area (Å²) in [4.78, 5) is 15.0. The third-order valence-electron chi connectivity index (χ3n) is 5.34. The monoisotopic (exact) mass is 397 g/mol. The lowest BCUT2D eigenvalue weighted by Gasteiger charge is -2.33. The highest BCUT2D eigenvalue weighted by Crippen LogP contribution is 2.30. The number of amidine groups is 1. The third-order valence-corrected chi connectivity index (χ3v) is 6.67. The van der Waals surface area contributed by atoms with E-state index in [9.17, 15) is 13.2 Å². The Bertz CT molecular complexity index is 1080. The molecule has 1 N–H and O–H groups in total. The number of carbonyl (C=O) groups excluding carboxylic acids is 1. The molecule has 146 valence electrons. The van der Waals surface area contributed by atoms with Gasteiger partial charge in [0.15, 0.2) is 5.84 Å². The summed E-state index contributed by atoms with van der Waals surface area (Å²) in [6.07, 6.45) is 1.58. The van der Waals surface area contributed by atoms with Crippen LogP contribution in [0.1, 0.15) is 29.5 Å². The summed E-state index contributed by atoms with van der Waals surface area (Å²) in [6, 6.07) is 12.8. The smallest absolute Gasteiger partial charge is 0.285 e. The zero-order valence-corrected chi connectivity index (χ0v) is 16.8. The van der Waals surface area contributed by atoms with Crippen LogP contribution in [0, 0.1) is 19.8 Å². The van der Waals surface area contributed by atoms with Crippen molar-refractivity contribution in [2.45, 2.75) is 31.6 Å². The van der Waals surface area contributed by atoms with Crippen molar-refractivity contribution < 1.29 is 13.2 Å². The highest BCUT2D eigenvalue weighted by atomic mass is 32.2. The van der Waals surface area contributed by atoms with Gasteiger partial charge in [0.05, 0.1) is 5.92 Å². The summed E-state index contributed by atoms with van der Waals surface area (Å²) in [7, 11) is -3.65. The van der Waals surface area contributed by atoms with Crippen LogP contribution in [-0.4, -0.2) is 38.2 Å². The number of piperidine rings is 1. The Labute approximate surface area is 165 Å². The lowest BCUT2D eigenvalue weighted by atomic mass is 9.96. The third kappa shape index (κ3) is 3.42. The first-order valence-corrected chi connectivity index (χ1v) is 10.9. The quantitative estimate of drug-likeness (QED) is 0.845. The van der Waals surface area contributed by atoms with Gasteiger partial charge in [-0.2, -0.15) is 8.42 Å². The van der Waals surface area contributed by atoms with Gasteiger partial charge in [0.25, 0.3) is 10.0 Å². The number of fused-ring (bicyclic) bond motifs is 1. The number of likely N-dealkylation sites (tertiary alicyclic amines) is 1. The normalized spacial score (nSPS) is 20.4. The van der Waals surface area contributed by atoms with Gasteiger partial charge in [0.1, 0.15) is 4.90 Å². The number of sulfonamides is 1. The molecule has 1 saturated heterocycles. The number of nitrogens with one attached hydrogen (secondary N) is 1. The Kier molecular flexibility index (Phi) is 4.71. The van der Waals surface area contributed by atoms with Crippen LogP contribution >= 0.6 is 0 Å². The molecule has 1 unspecified atom stereocenters. The fourth-order valence-electron chi connectivity index (χ4n) is 3.89. The Balaban J connectivity index is 1.53. The van der Waals surface area contributed by atoms with Crippen molar-refractivity contribution in [3.05, 3.63) is 59.2 Å². The Morgan fingerprint density at radius 1 is 1.18 bits per heavy atom. The largest absolute Gasteiger partial charge is 0.355 e. The molecule has 0 saturated carbocycles. The molecule has 0 radical (unpaired) electrons. The van der Waals surface area contributed by atoms with Crippen LogP contribution in [0.4, 0.5) is 5.69 Å². The van der Waals surface area contributed by atoms with Crippen LogP contribution < -0.4 is 5.32 Å². The molecular weight excluding hydrogens is 374 g/mol. The number of carbonyl (C=O) groups is 1. The highest BCUT2D eigenvalue weighted by Gasteiger charge is 2.35.